The molecule has 39 heavy (non-hydrogen) atoms. The normalized spacial score (nSPS) is 12.1. The van der Waals surface area contributed by atoms with Gasteiger partial charge in [-0.3, -0.25) is 9.59 Å². The molecule has 8 nitrogen and oxygen atoms in total. The first-order valence-corrected chi connectivity index (χ1v) is 13.6. The van der Waals surface area contributed by atoms with Gasteiger partial charge in [0.1, 0.15) is 11.6 Å². The van der Waals surface area contributed by atoms with Crippen molar-refractivity contribution in [3.63, 3.8) is 0 Å². The minimum absolute atomic E-state index is 0.00212. The van der Waals surface area contributed by atoms with Crippen LogP contribution in [0.5, 0.6) is 11.5 Å². The molecule has 1 amide bonds. The SMILES string of the molecule is CC[C@@H](C)c1nc2ccc(Br)cc2c(=O)n1N=Cc1cc(OC)c(OCC(=O)Nc2ccc(F)cc2)cc1Br. The van der Waals surface area contributed by atoms with Crippen LogP contribution in [0.1, 0.15) is 37.6 Å². The zero-order valence-electron chi connectivity index (χ0n) is 21.4. The average Bonchev–Trinajstić information content (AvgIpc) is 2.93. The van der Waals surface area contributed by atoms with Crippen LogP contribution < -0.4 is 20.3 Å². The van der Waals surface area contributed by atoms with E-state index < -0.39 is 11.7 Å². The molecule has 0 aliphatic carbocycles. The van der Waals surface area contributed by atoms with Gasteiger partial charge in [0.05, 0.1) is 24.2 Å². The van der Waals surface area contributed by atoms with E-state index in [1.165, 1.54) is 42.3 Å². The third kappa shape index (κ3) is 6.72. The number of nitrogens with zero attached hydrogens (tertiary/aromatic N) is 3. The van der Waals surface area contributed by atoms with Crippen molar-refractivity contribution in [2.75, 3.05) is 19.0 Å². The Hall–Kier alpha value is -3.57. The predicted octanol–water partition coefficient (Wildman–Crippen LogP) is 6.48. The molecule has 3 aromatic carbocycles. The molecule has 1 N–H and O–H groups in total. The van der Waals surface area contributed by atoms with E-state index in [0.29, 0.717) is 43.9 Å². The minimum Gasteiger partial charge on any atom is -0.493 e. The summed E-state index contributed by atoms with van der Waals surface area (Å²) < 4.78 is 26.9. The van der Waals surface area contributed by atoms with Crippen LogP contribution in [-0.4, -0.2) is 35.5 Å². The van der Waals surface area contributed by atoms with E-state index in [0.717, 1.165) is 10.9 Å². The van der Waals surface area contributed by atoms with Crippen LogP contribution in [0.3, 0.4) is 0 Å². The summed E-state index contributed by atoms with van der Waals surface area (Å²) in [5.41, 5.74) is 1.40. The maximum absolute atomic E-state index is 13.4. The third-order valence-electron chi connectivity index (χ3n) is 5.97. The maximum atomic E-state index is 13.4. The van der Waals surface area contributed by atoms with Gasteiger partial charge in [-0.2, -0.15) is 9.78 Å². The van der Waals surface area contributed by atoms with E-state index in [1.54, 1.807) is 24.3 Å². The number of aromatic nitrogens is 2. The molecule has 202 valence electrons. The molecule has 0 unspecified atom stereocenters. The van der Waals surface area contributed by atoms with Crippen LogP contribution in [0.25, 0.3) is 10.9 Å². The molecule has 0 bridgehead atoms. The number of hydrogen-bond donors (Lipinski definition) is 1. The zero-order valence-corrected chi connectivity index (χ0v) is 24.5. The van der Waals surface area contributed by atoms with Gasteiger partial charge in [-0.05, 0) is 76.9 Å². The van der Waals surface area contributed by atoms with Crippen LogP contribution in [0.2, 0.25) is 0 Å². The van der Waals surface area contributed by atoms with Crippen molar-refractivity contribution in [1.29, 1.82) is 0 Å². The van der Waals surface area contributed by atoms with E-state index in [-0.39, 0.29) is 18.1 Å². The fourth-order valence-corrected chi connectivity index (χ4v) is 4.48. The lowest BCUT2D eigenvalue weighted by Crippen LogP contribution is -2.23. The van der Waals surface area contributed by atoms with Gasteiger partial charge in [-0.15, -0.1) is 0 Å². The van der Waals surface area contributed by atoms with Gasteiger partial charge in [0.25, 0.3) is 11.5 Å². The molecular formula is C28H25Br2FN4O4. The Morgan fingerprint density at radius 1 is 1.15 bits per heavy atom. The topological polar surface area (TPSA) is 94.8 Å². The van der Waals surface area contributed by atoms with Gasteiger partial charge >= 0.3 is 0 Å². The van der Waals surface area contributed by atoms with Gasteiger partial charge in [0, 0.05) is 26.1 Å². The van der Waals surface area contributed by atoms with Crippen LogP contribution in [-0.2, 0) is 4.79 Å². The lowest BCUT2D eigenvalue weighted by atomic mass is 10.1. The number of nitrogens with one attached hydrogen (secondary N) is 1. The first kappa shape index (κ1) is 28.4. The second-order valence-corrected chi connectivity index (χ2v) is 10.4. The lowest BCUT2D eigenvalue weighted by Gasteiger charge is -2.15. The Bertz CT molecular complexity index is 1610. The number of methoxy groups -OCH3 is 1. The fraction of sp³-hybridized carbons (Fsp3) is 0.214. The summed E-state index contributed by atoms with van der Waals surface area (Å²) in [6, 6.07) is 14.1. The number of anilines is 1. The predicted molar refractivity (Wildman–Crippen MR) is 157 cm³/mol. The van der Waals surface area contributed by atoms with Crippen LogP contribution in [0.15, 0.2) is 73.4 Å². The summed E-state index contributed by atoms with van der Waals surface area (Å²) in [7, 11) is 1.48. The van der Waals surface area contributed by atoms with Crippen molar-refractivity contribution in [3.8, 4) is 11.5 Å². The number of amides is 1. The molecule has 4 aromatic rings. The van der Waals surface area contributed by atoms with Crippen molar-refractivity contribution in [2.24, 2.45) is 5.10 Å². The highest BCUT2D eigenvalue weighted by molar-refractivity contribution is 9.10. The first-order chi connectivity index (χ1) is 18.7. The number of hydrogen-bond acceptors (Lipinski definition) is 6. The van der Waals surface area contributed by atoms with Crippen LogP contribution in [0, 0.1) is 5.82 Å². The molecule has 1 aromatic heterocycles. The Balaban J connectivity index is 1.60. The summed E-state index contributed by atoms with van der Waals surface area (Å²) >= 11 is 6.92. The number of fused-ring (bicyclic) bond motifs is 1. The van der Waals surface area contributed by atoms with Gasteiger partial charge in [0.15, 0.2) is 18.1 Å². The molecule has 0 spiro atoms. The van der Waals surface area contributed by atoms with Crippen LogP contribution >= 0.6 is 31.9 Å². The minimum atomic E-state index is -0.419. The standard InChI is InChI=1S/C28H25Br2FN4O4/c1-4-16(2)27-34-23-10-5-18(29)12-21(23)28(37)35(27)32-14-17-11-24(38-3)25(13-22(17)30)39-15-26(36)33-20-8-6-19(31)7-9-20/h5-14,16H,4,15H2,1-3H3,(H,33,36)/t16-/m1/s1. The molecule has 0 aliphatic heterocycles. The summed E-state index contributed by atoms with van der Waals surface area (Å²) in [6.07, 6.45) is 2.32. The highest BCUT2D eigenvalue weighted by Crippen LogP contribution is 2.33. The van der Waals surface area contributed by atoms with E-state index in [9.17, 15) is 14.0 Å². The number of rotatable bonds is 9. The molecule has 0 fully saturated rings. The van der Waals surface area contributed by atoms with Crippen molar-refractivity contribution in [3.05, 3.63) is 91.1 Å². The van der Waals surface area contributed by atoms with Crippen molar-refractivity contribution in [2.45, 2.75) is 26.2 Å². The van der Waals surface area contributed by atoms with Gasteiger partial charge in [-0.1, -0.05) is 29.8 Å². The highest BCUT2D eigenvalue weighted by Gasteiger charge is 2.17. The molecule has 0 radical (unpaired) electrons. The number of halogens is 3. The molecule has 4 rings (SSSR count). The Morgan fingerprint density at radius 3 is 2.59 bits per heavy atom. The molecule has 0 saturated carbocycles. The Kier molecular flexibility index (Phi) is 9.13. The maximum Gasteiger partial charge on any atom is 0.282 e. The number of carbonyl (C=O) groups is 1. The molecule has 1 atom stereocenters. The second kappa shape index (κ2) is 12.5. The van der Waals surface area contributed by atoms with E-state index >= 15 is 0 Å². The lowest BCUT2D eigenvalue weighted by molar-refractivity contribution is -0.118. The molecular weight excluding hydrogens is 635 g/mol. The summed E-state index contributed by atoms with van der Waals surface area (Å²) in [5.74, 6) is 0.433. The molecule has 1 heterocycles. The summed E-state index contributed by atoms with van der Waals surface area (Å²) in [5, 5.41) is 7.59. The molecule has 11 heteroatoms. The van der Waals surface area contributed by atoms with E-state index in [2.05, 4.69) is 42.3 Å². The Morgan fingerprint density at radius 2 is 1.90 bits per heavy atom. The monoisotopic (exact) mass is 658 g/mol. The largest absolute Gasteiger partial charge is 0.493 e. The van der Waals surface area contributed by atoms with Crippen LogP contribution in [0.4, 0.5) is 10.1 Å². The summed E-state index contributed by atoms with van der Waals surface area (Å²) in [6.45, 7) is 3.73. The average molecular weight is 660 g/mol. The molecule has 0 saturated heterocycles. The van der Waals surface area contributed by atoms with Gasteiger partial charge in [0.2, 0.25) is 0 Å². The zero-order chi connectivity index (χ0) is 28.1. The highest BCUT2D eigenvalue weighted by atomic mass is 79.9. The van der Waals surface area contributed by atoms with Crippen molar-refractivity contribution in [1.82, 2.24) is 9.66 Å². The fourth-order valence-electron chi connectivity index (χ4n) is 3.69. The smallest absolute Gasteiger partial charge is 0.282 e. The van der Waals surface area contributed by atoms with Gasteiger partial charge in [-0.25, -0.2) is 9.37 Å². The number of benzene rings is 3. The second-order valence-electron chi connectivity index (χ2n) is 8.67. The quantitative estimate of drug-likeness (QED) is 0.208. The van der Waals surface area contributed by atoms with Gasteiger partial charge < -0.3 is 14.8 Å². The summed E-state index contributed by atoms with van der Waals surface area (Å²) in [4.78, 5) is 30.4. The van der Waals surface area contributed by atoms with E-state index in [4.69, 9.17) is 14.5 Å². The first-order valence-electron chi connectivity index (χ1n) is 12.0. The number of carbonyl (C=O) groups excluding carboxylic acids is 1. The number of ether oxygens (including phenoxy) is 2. The third-order valence-corrected chi connectivity index (χ3v) is 7.15. The van der Waals surface area contributed by atoms with Crippen molar-refractivity contribution < 1.29 is 18.7 Å². The van der Waals surface area contributed by atoms with E-state index in [1.807, 2.05) is 19.9 Å². The van der Waals surface area contributed by atoms with Crippen molar-refractivity contribution >= 4 is 60.6 Å². The molecule has 0 aliphatic rings. The Labute approximate surface area is 241 Å².